The molecule has 0 atom stereocenters. The number of nitrogens with zero attached hydrogens (tertiary/aromatic N) is 1. The molecule has 16 heavy (non-hydrogen) atoms. The maximum absolute atomic E-state index is 10.7. The Balaban J connectivity index is 2.66. The van der Waals surface area contributed by atoms with Crippen LogP contribution in [0, 0.1) is 0 Å². The third kappa shape index (κ3) is 2.98. The van der Waals surface area contributed by atoms with E-state index < -0.39 is 11.8 Å². The molecule has 0 saturated carbocycles. The monoisotopic (exact) mass is 223 g/mol. The number of carbonyl (C=O) groups is 2. The predicted octanol–water partition coefficient (Wildman–Crippen LogP) is -0.967. The lowest BCUT2D eigenvalue weighted by Gasteiger charge is -1.98. The fraction of sp³-hybridized carbons (Fsp3) is 0. The first-order chi connectivity index (χ1) is 7.50. The summed E-state index contributed by atoms with van der Waals surface area (Å²) in [6.07, 6.45) is 1.18. The van der Waals surface area contributed by atoms with E-state index in [0.717, 1.165) is 0 Å². The number of nitrogens with one attached hydrogen (secondary N) is 1. The van der Waals surface area contributed by atoms with Crippen LogP contribution in [0.5, 0.6) is 11.5 Å². The van der Waals surface area contributed by atoms with Gasteiger partial charge in [-0.25, -0.2) is 5.43 Å². The number of hydrogen-bond acceptors (Lipinski definition) is 5. The molecule has 0 heterocycles. The van der Waals surface area contributed by atoms with Gasteiger partial charge in [0.05, 0.1) is 6.21 Å². The van der Waals surface area contributed by atoms with Crippen LogP contribution in [0.15, 0.2) is 23.3 Å². The molecule has 0 fully saturated rings. The van der Waals surface area contributed by atoms with Crippen LogP contribution in [-0.4, -0.2) is 28.2 Å². The second kappa shape index (κ2) is 4.78. The molecule has 1 rings (SSSR count). The number of benzene rings is 1. The first-order valence-corrected chi connectivity index (χ1v) is 4.15. The Kier molecular flexibility index (Phi) is 3.44. The van der Waals surface area contributed by atoms with Crippen molar-refractivity contribution in [3.05, 3.63) is 23.8 Å². The van der Waals surface area contributed by atoms with E-state index in [2.05, 4.69) is 10.8 Å². The van der Waals surface area contributed by atoms with Crippen molar-refractivity contribution >= 4 is 18.0 Å². The van der Waals surface area contributed by atoms with Crippen molar-refractivity contribution < 1.29 is 19.8 Å². The smallest absolute Gasteiger partial charge is 0.329 e. The summed E-state index contributed by atoms with van der Waals surface area (Å²) >= 11 is 0. The highest BCUT2D eigenvalue weighted by Gasteiger charge is 2.05. The highest BCUT2D eigenvalue weighted by Crippen LogP contribution is 2.23. The fourth-order valence-electron chi connectivity index (χ4n) is 0.841. The van der Waals surface area contributed by atoms with E-state index in [-0.39, 0.29) is 11.5 Å². The van der Waals surface area contributed by atoms with Gasteiger partial charge < -0.3 is 15.9 Å². The van der Waals surface area contributed by atoms with Crippen molar-refractivity contribution in [1.29, 1.82) is 0 Å². The van der Waals surface area contributed by atoms with E-state index in [9.17, 15) is 9.59 Å². The predicted molar refractivity (Wildman–Crippen MR) is 54.7 cm³/mol. The van der Waals surface area contributed by atoms with Crippen molar-refractivity contribution in [2.45, 2.75) is 0 Å². The second-order valence-electron chi connectivity index (χ2n) is 2.81. The van der Waals surface area contributed by atoms with Gasteiger partial charge in [-0.1, -0.05) is 0 Å². The normalized spacial score (nSPS) is 10.2. The van der Waals surface area contributed by atoms with Gasteiger partial charge in [0.25, 0.3) is 0 Å². The van der Waals surface area contributed by atoms with Gasteiger partial charge in [-0.2, -0.15) is 5.10 Å². The molecular weight excluding hydrogens is 214 g/mol. The minimum Gasteiger partial charge on any atom is -0.504 e. The molecule has 1 aromatic rings. The van der Waals surface area contributed by atoms with Crippen molar-refractivity contribution in [3.63, 3.8) is 0 Å². The van der Waals surface area contributed by atoms with Crippen LogP contribution in [-0.2, 0) is 9.59 Å². The number of nitrogens with two attached hydrogens (primary N) is 1. The third-order valence-electron chi connectivity index (χ3n) is 1.60. The number of hydrogen-bond donors (Lipinski definition) is 4. The molecular formula is C9H9N3O4. The van der Waals surface area contributed by atoms with Crippen LogP contribution < -0.4 is 11.2 Å². The topological polar surface area (TPSA) is 125 Å². The maximum atomic E-state index is 10.7. The molecule has 0 aliphatic heterocycles. The van der Waals surface area contributed by atoms with Crippen LogP contribution in [0.4, 0.5) is 0 Å². The van der Waals surface area contributed by atoms with E-state index in [1.54, 1.807) is 0 Å². The Morgan fingerprint density at radius 2 is 2.00 bits per heavy atom. The molecule has 7 nitrogen and oxygen atoms in total. The number of primary amides is 1. The molecule has 2 amide bonds. The molecule has 1 aromatic carbocycles. The molecule has 7 heteroatoms. The van der Waals surface area contributed by atoms with E-state index in [0.29, 0.717) is 5.56 Å². The lowest BCUT2D eigenvalue weighted by atomic mass is 10.2. The Hall–Kier alpha value is -2.57. The zero-order chi connectivity index (χ0) is 12.1. The summed E-state index contributed by atoms with van der Waals surface area (Å²) in [6, 6.07) is 3.94. The average Bonchev–Trinajstić information content (AvgIpc) is 2.23. The summed E-state index contributed by atoms with van der Waals surface area (Å²) < 4.78 is 0. The first-order valence-electron chi connectivity index (χ1n) is 4.15. The summed E-state index contributed by atoms with van der Waals surface area (Å²) in [5, 5.41) is 21.5. The number of carbonyl (C=O) groups excluding carboxylic acids is 2. The second-order valence-corrected chi connectivity index (χ2v) is 2.81. The summed E-state index contributed by atoms with van der Waals surface area (Å²) in [7, 11) is 0. The Bertz CT molecular complexity index is 456. The first kappa shape index (κ1) is 11.5. The van der Waals surface area contributed by atoms with Crippen LogP contribution in [0.25, 0.3) is 0 Å². The quantitative estimate of drug-likeness (QED) is 0.223. The number of rotatable bonds is 2. The van der Waals surface area contributed by atoms with Crippen molar-refractivity contribution in [1.82, 2.24) is 5.43 Å². The molecule has 0 aliphatic carbocycles. The molecule has 0 radical (unpaired) electrons. The van der Waals surface area contributed by atoms with Gasteiger partial charge in [0.2, 0.25) is 0 Å². The zero-order valence-corrected chi connectivity index (χ0v) is 8.04. The van der Waals surface area contributed by atoms with Crippen molar-refractivity contribution in [3.8, 4) is 11.5 Å². The standard InChI is InChI=1S/C9H9N3O4/c10-8(15)9(16)12-11-4-5-1-2-6(13)7(14)3-5/h1-4,13-14H,(H2,10,15)(H,12,16)/b11-4+. The SMILES string of the molecule is NC(=O)C(=O)N/N=C/c1ccc(O)c(O)c1. The number of phenolic OH excluding ortho intramolecular Hbond substituents is 2. The molecule has 0 bridgehead atoms. The number of hydrazone groups is 1. The molecule has 0 unspecified atom stereocenters. The highest BCUT2D eigenvalue weighted by atomic mass is 16.3. The minimum atomic E-state index is -1.15. The van der Waals surface area contributed by atoms with Crippen molar-refractivity contribution in [2.75, 3.05) is 0 Å². The Morgan fingerprint density at radius 1 is 1.31 bits per heavy atom. The van der Waals surface area contributed by atoms with Gasteiger partial charge in [0.1, 0.15) is 0 Å². The summed E-state index contributed by atoms with van der Waals surface area (Å²) in [6.45, 7) is 0. The lowest BCUT2D eigenvalue weighted by Crippen LogP contribution is -2.32. The van der Waals surface area contributed by atoms with E-state index in [1.165, 1.54) is 24.4 Å². The van der Waals surface area contributed by atoms with Crippen LogP contribution in [0.2, 0.25) is 0 Å². The van der Waals surface area contributed by atoms with Gasteiger partial charge in [0.15, 0.2) is 11.5 Å². The van der Waals surface area contributed by atoms with Crippen LogP contribution >= 0.6 is 0 Å². The number of aromatic hydroxyl groups is 2. The number of amides is 2. The Morgan fingerprint density at radius 3 is 2.56 bits per heavy atom. The van der Waals surface area contributed by atoms with Gasteiger partial charge in [0, 0.05) is 0 Å². The number of phenols is 2. The molecule has 84 valence electrons. The van der Waals surface area contributed by atoms with E-state index in [4.69, 9.17) is 10.2 Å². The van der Waals surface area contributed by atoms with E-state index in [1.807, 2.05) is 5.43 Å². The average molecular weight is 223 g/mol. The Labute approximate surface area is 90.2 Å². The maximum Gasteiger partial charge on any atom is 0.329 e. The zero-order valence-electron chi connectivity index (χ0n) is 8.04. The largest absolute Gasteiger partial charge is 0.504 e. The van der Waals surface area contributed by atoms with E-state index >= 15 is 0 Å². The van der Waals surface area contributed by atoms with Gasteiger partial charge in [-0.15, -0.1) is 0 Å². The molecule has 0 aliphatic rings. The minimum absolute atomic E-state index is 0.265. The lowest BCUT2D eigenvalue weighted by molar-refractivity contribution is -0.137. The van der Waals surface area contributed by atoms with Crippen LogP contribution in [0.3, 0.4) is 0 Å². The summed E-state index contributed by atoms with van der Waals surface area (Å²) in [4.78, 5) is 21.0. The third-order valence-corrected chi connectivity index (χ3v) is 1.60. The molecule has 0 aromatic heterocycles. The van der Waals surface area contributed by atoms with Gasteiger partial charge in [-0.05, 0) is 23.8 Å². The van der Waals surface area contributed by atoms with Crippen molar-refractivity contribution in [2.24, 2.45) is 10.8 Å². The van der Waals surface area contributed by atoms with Gasteiger partial charge >= 0.3 is 11.8 Å². The molecule has 5 N–H and O–H groups in total. The molecule has 0 saturated heterocycles. The summed E-state index contributed by atoms with van der Waals surface area (Å²) in [5.41, 5.74) is 6.97. The van der Waals surface area contributed by atoms with Crippen LogP contribution in [0.1, 0.15) is 5.56 Å². The van der Waals surface area contributed by atoms with Gasteiger partial charge in [-0.3, -0.25) is 9.59 Å². The highest BCUT2D eigenvalue weighted by molar-refractivity contribution is 6.34. The molecule has 0 spiro atoms. The fourth-order valence-corrected chi connectivity index (χ4v) is 0.841. The summed E-state index contributed by atoms with van der Waals surface area (Å²) in [5.74, 6) is -2.77.